The number of aliphatic hydroxyl groups is 1. The zero-order valence-electron chi connectivity index (χ0n) is 12.8. The second-order valence-electron chi connectivity index (χ2n) is 5.74. The third kappa shape index (κ3) is 2.79. The standard InChI is InChI=1S/C19H15NO2S2/c21-13-10-11-19(22,17(12-13)23-14-6-2-1-3-7-14)18-20-15-8-4-5-9-16(15)24-18/h1-11,17,22H,12H2. The Morgan fingerprint density at radius 1 is 1.12 bits per heavy atom. The molecule has 2 aromatic carbocycles. The summed E-state index contributed by atoms with van der Waals surface area (Å²) in [5.41, 5.74) is -0.363. The average molecular weight is 353 g/mol. The van der Waals surface area contributed by atoms with Gasteiger partial charge in [0.15, 0.2) is 5.78 Å². The predicted molar refractivity (Wildman–Crippen MR) is 98.4 cm³/mol. The van der Waals surface area contributed by atoms with Crippen molar-refractivity contribution in [1.29, 1.82) is 0 Å². The number of fused-ring (bicyclic) bond motifs is 1. The Kier molecular flexibility index (Phi) is 4.00. The predicted octanol–water partition coefficient (Wildman–Crippen LogP) is 4.17. The molecule has 120 valence electrons. The van der Waals surface area contributed by atoms with E-state index < -0.39 is 5.60 Å². The number of rotatable bonds is 3. The molecule has 0 bridgehead atoms. The number of para-hydroxylation sites is 1. The third-order valence-electron chi connectivity index (χ3n) is 4.06. The second kappa shape index (κ2) is 6.16. The molecule has 0 spiro atoms. The molecule has 3 aromatic rings. The minimum atomic E-state index is -1.24. The number of carbonyl (C=O) groups is 1. The van der Waals surface area contributed by atoms with Gasteiger partial charge in [-0.1, -0.05) is 30.3 Å². The van der Waals surface area contributed by atoms with Crippen LogP contribution in [-0.2, 0) is 10.4 Å². The molecule has 1 N–H and O–H groups in total. The number of nitrogens with zero attached hydrogens (tertiary/aromatic N) is 1. The molecule has 0 saturated heterocycles. The highest BCUT2D eigenvalue weighted by atomic mass is 32.2. The van der Waals surface area contributed by atoms with Crippen LogP contribution in [0.2, 0.25) is 0 Å². The zero-order chi connectivity index (χ0) is 16.6. The fraction of sp³-hybridized carbons (Fsp3) is 0.158. The molecule has 0 aliphatic heterocycles. The summed E-state index contributed by atoms with van der Waals surface area (Å²) in [5, 5.41) is 11.7. The normalized spacial score (nSPS) is 23.7. The SMILES string of the molecule is O=C1C=CC(O)(c2nc3ccccc3s2)C(Sc2ccccc2)C1. The van der Waals surface area contributed by atoms with E-state index in [4.69, 9.17) is 0 Å². The molecule has 0 radical (unpaired) electrons. The Morgan fingerprint density at radius 3 is 2.67 bits per heavy atom. The summed E-state index contributed by atoms with van der Waals surface area (Å²) in [6.07, 6.45) is 3.38. The summed E-state index contributed by atoms with van der Waals surface area (Å²) in [6, 6.07) is 17.7. The van der Waals surface area contributed by atoms with Crippen molar-refractivity contribution in [2.45, 2.75) is 22.2 Å². The van der Waals surface area contributed by atoms with Gasteiger partial charge in [0, 0.05) is 11.3 Å². The van der Waals surface area contributed by atoms with E-state index in [1.165, 1.54) is 29.2 Å². The molecule has 0 saturated carbocycles. The summed E-state index contributed by atoms with van der Waals surface area (Å²) in [4.78, 5) is 17.6. The minimum absolute atomic E-state index is 0.0363. The molecule has 2 atom stereocenters. The van der Waals surface area contributed by atoms with Gasteiger partial charge in [0.05, 0.1) is 15.5 Å². The first-order valence-corrected chi connectivity index (χ1v) is 9.37. The van der Waals surface area contributed by atoms with E-state index in [2.05, 4.69) is 4.98 Å². The van der Waals surface area contributed by atoms with E-state index in [-0.39, 0.29) is 11.0 Å². The minimum Gasteiger partial charge on any atom is -0.377 e. The monoisotopic (exact) mass is 353 g/mol. The molecule has 5 heteroatoms. The highest BCUT2D eigenvalue weighted by Gasteiger charge is 2.43. The van der Waals surface area contributed by atoms with Gasteiger partial charge >= 0.3 is 0 Å². The first-order valence-electron chi connectivity index (χ1n) is 7.67. The van der Waals surface area contributed by atoms with Gasteiger partial charge in [0.2, 0.25) is 0 Å². The van der Waals surface area contributed by atoms with Crippen molar-refractivity contribution >= 4 is 39.1 Å². The lowest BCUT2D eigenvalue weighted by molar-refractivity contribution is -0.116. The lowest BCUT2D eigenvalue weighted by Crippen LogP contribution is -2.39. The number of aromatic nitrogens is 1. The molecule has 2 unspecified atom stereocenters. The summed E-state index contributed by atoms with van der Waals surface area (Å²) in [6.45, 7) is 0. The van der Waals surface area contributed by atoms with Gasteiger partial charge in [-0.15, -0.1) is 23.1 Å². The molecular weight excluding hydrogens is 338 g/mol. The Bertz CT molecular complexity index is 886. The second-order valence-corrected chi connectivity index (χ2v) is 8.04. The van der Waals surface area contributed by atoms with Crippen molar-refractivity contribution in [3.63, 3.8) is 0 Å². The van der Waals surface area contributed by atoms with Crippen LogP contribution < -0.4 is 0 Å². The first kappa shape index (κ1) is 15.6. The Hall–Kier alpha value is -1.95. The lowest BCUT2D eigenvalue weighted by atomic mass is 9.90. The Balaban J connectivity index is 1.76. The maximum Gasteiger partial charge on any atom is 0.156 e. The van der Waals surface area contributed by atoms with Crippen molar-refractivity contribution in [2.75, 3.05) is 0 Å². The molecule has 1 aliphatic carbocycles. The van der Waals surface area contributed by atoms with Crippen LogP contribution in [0.5, 0.6) is 0 Å². The molecule has 1 heterocycles. The number of allylic oxidation sites excluding steroid dienone is 1. The van der Waals surface area contributed by atoms with Crippen LogP contribution >= 0.6 is 23.1 Å². The molecule has 4 rings (SSSR count). The first-order chi connectivity index (χ1) is 11.6. The fourth-order valence-electron chi connectivity index (χ4n) is 2.78. The lowest BCUT2D eigenvalue weighted by Gasteiger charge is -2.33. The fourth-order valence-corrected chi connectivity index (χ4v) is 5.21. The number of hydrogen-bond acceptors (Lipinski definition) is 5. The highest BCUT2D eigenvalue weighted by Crippen LogP contribution is 2.44. The maximum atomic E-state index is 11.9. The van der Waals surface area contributed by atoms with Crippen molar-refractivity contribution in [1.82, 2.24) is 4.98 Å². The summed E-state index contributed by atoms with van der Waals surface area (Å²) >= 11 is 3.01. The highest BCUT2D eigenvalue weighted by molar-refractivity contribution is 8.00. The van der Waals surface area contributed by atoms with E-state index in [1.807, 2.05) is 54.6 Å². The molecule has 0 amide bonds. The number of thiazole rings is 1. The number of benzene rings is 2. The Morgan fingerprint density at radius 2 is 1.88 bits per heavy atom. The van der Waals surface area contributed by atoms with Crippen LogP contribution in [0.25, 0.3) is 10.2 Å². The zero-order valence-corrected chi connectivity index (χ0v) is 14.4. The summed E-state index contributed by atoms with van der Waals surface area (Å²) in [7, 11) is 0. The molecule has 1 aromatic heterocycles. The van der Waals surface area contributed by atoms with E-state index in [1.54, 1.807) is 6.08 Å². The van der Waals surface area contributed by atoms with Crippen LogP contribution in [0.15, 0.2) is 71.6 Å². The van der Waals surface area contributed by atoms with Gasteiger partial charge in [0.1, 0.15) is 10.6 Å². The van der Waals surface area contributed by atoms with Gasteiger partial charge in [0.25, 0.3) is 0 Å². The van der Waals surface area contributed by atoms with E-state index in [0.29, 0.717) is 11.4 Å². The summed E-state index contributed by atoms with van der Waals surface area (Å²) in [5.74, 6) is 0.0363. The van der Waals surface area contributed by atoms with Gasteiger partial charge in [-0.05, 0) is 36.4 Å². The molecule has 1 aliphatic rings. The number of ketones is 1. The largest absolute Gasteiger partial charge is 0.377 e. The smallest absolute Gasteiger partial charge is 0.156 e. The number of thioether (sulfide) groups is 1. The van der Waals surface area contributed by atoms with E-state index in [9.17, 15) is 9.90 Å². The van der Waals surface area contributed by atoms with Crippen LogP contribution in [-0.4, -0.2) is 21.1 Å². The van der Waals surface area contributed by atoms with Crippen LogP contribution in [0.4, 0.5) is 0 Å². The number of carbonyl (C=O) groups excluding carboxylic acids is 1. The van der Waals surface area contributed by atoms with Crippen LogP contribution in [0.1, 0.15) is 11.4 Å². The molecule has 3 nitrogen and oxygen atoms in total. The average Bonchev–Trinajstić information content (AvgIpc) is 3.04. The third-order valence-corrected chi connectivity index (χ3v) is 6.59. The van der Waals surface area contributed by atoms with E-state index in [0.717, 1.165) is 15.1 Å². The quantitative estimate of drug-likeness (QED) is 0.768. The van der Waals surface area contributed by atoms with Crippen molar-refractivity contribution in [2.24, 2.45) is 0 Å². The van der Waals surface area contributed by atoms with Crippen LogP contribution in [0, 0.1) is 0 Å². The van der Waals surface area contributed by atoms with Gasteiger partial charge in [-0.25, -0.2) is 4.98 Å². The molecule has 24 heavy (non-hydrogen) atoms. The van der Waals surface area contributed by atoms with Gasteiger partial charge in [-0.2, -0.15) is 0 Å². The maximum absolute atomic E-state index is 11.9. The topological polar surface area (TPSA) is 50.2 Å². The Labute approximate surface area is 148 Å². The van der Waals surface area contributed by atoms with Gasteiger partial charge in [-0.3, -0.25) is 4.79 Å². The summed E-state index contributed by atoms with van der Waals surface area (Å²) < 4.78 is 1.04. The molecule has 0 fully saturated rings. The van der Waals surface area contributed by atoms with Gasteiger partial charge < -0.3 is 5.11 Å². The van der Waals surface area contributed by atoms with Crippen molar-refractivity contribution in [3.8, 4) is 0 Å². The molecular formula is C19H15NO2S2. The van der Waals surface area contributed by atoms with Crippen molar-refractivity contribution in [3.05, 3.63) is 71.8 Å². The van der Waals surface area contributed by atoms with Crippen LogP contribution in [0.3, 0.4) is 0 Å². The number of hydrogen-bond donors (Lipinski definition) is 1. The van der Waals surface area contributed by atoms with E-state index >= 15 is 0 Å². The van der Waals surface area contributed by atoms with Crippen molar-refractivity contribution < 1.29 is 9.90 Å².